The number of rotatable bonds is 8. The van der Waals surface area contributed by atoms with E-state index < -0.39 is 0 Å². The molecule has 0 spiro atoms. The molecule has 12 heavy (non-hydrogen) atoms. The topological polar surface area (TPSA) is 21.3 Å². The van der Waals surface area contributed by atoms with Crippen LogP contribution in [0.2, 0.25) is 0 Å². The van der Waals surface area contributed by atoms with Crippen molar-refractivity contribution in [2.45, 2.75) is 26.2 Å². The summed E-state index contributed by atoms with van der Waals surface area (Å²) in [6, 6.07) is 0. The summed E-state index contributed by atoms with van der Waals surface area (Å²) in [5.41, 5.74) is 0. The first kappa shape index (κ1) is 11.7. The highest BCUT2D eigenvalue weighted by molar-refractivity contribution is 4.78. The van der Waals surface area contributed by atoms with Crippen LogP contribution < -0.4 is 5.32 Å². The van der Waals surface area contributed by atoms with E-state index in [9.17, 15) is 0 Å². The van der Waals surface area contributed by atoms with Gasteiger partial charge in [0.05, 0.1) is 0 Å². The molecule has 0 aliphatic carbocycles. The summed E-state index contributed by atoms with van der Waals surface area (Å²) in [4.78, 5) is 0. The standard InChI is InChI=1S/C10H21NO/c1-3-4-8-11-9-6-5-7-10-12-2/h3-4,11H,5-10H2,1-2H3/b4-3+. The van der Waals surface area contributed by atoms with Gasteiger partial charge in [0, 0.05) is 20.3 Å². The van der Waals surface area contributed by atoms with Crippen LogP contribution in [0.25, 0.3) is 0 Å². The van der Waals surface area contributed by atoms with Crippen molar-refractivity contribution in [2.75, 3.05) is 26.8 Å². The summed E-state index contributed by atoms with van der Waals surface area (Å²) < 4.78 is 4.96. The van der Waals surface area contributed by atoms with Gasteiger partial charge in [-0.3, -0.25) is 0 Å². The molecule has 0 fully saturated rings. The molecule has 2 heteroatoms. The largest absolute Gasteiger partial charge is 0.385 e. The van der Waals surface area contributed by atoms with Gasteiger partial charge in [-0.1, -0.05) is 12.2 Å². The van der Waals surface area contributed by atoms with Gasteiger partial charge in [-0.15, -0.1) is 0 Å². The minimum atomic E-state index is 0.898. The predicted octanol–water partition coefficient (Wildman–Crippen LogP) is 1.97. The van der Waals surface area contributed by atoms with Gasteiger partial charge in [-0.05, 0) is 32.7 Å². The number of hydrogen-bond donors (Lipinski definition) is 1. The van der Waals surface area contributed by atoms with Gasteiger partial charge in [0.1, 0.15) is 0 Å². The van der Waals surface area contributed by atoms with Crippen LogP contribution in [0.5, 0.6) is 0 Å². The van der Waals surface area contributed by atoms with Crippen LogP contribution in [0.1, 0.15) is 26.2 Å². The first-order valence-corrected chi connectivity index (χ1v) is 4.72. The van der Waals surface area contributed by atoms with Crippen molar-refractivity contribution in [3.63, 3.8) is 0 Å². The van der Waals surface area contributed by atoms with E-state index in [1.165, 1.54) is 19.3 Å². The van der Waals surface area contributed by atoms with E-state index in [2.05, 4.69) is 17.5 Å². The summed E-state index contributed by atoms with van der Waals surface area (Å²) in [5, 5.41) is 3.34. The lowest BCUT2D eigenvalue weighted by atomic mass is 10.2. The summed E-state index contributed by atoms with van der Waals surface area (Å²) in [6.45, 7) is 5.06. The number of methoxy groups -OCH3 is 1. The molecule has 0 amide bonds. The SMILES string of the molecule is C/C=C/CNCCCCCOC. The third kappa shape index (κ3) is 9.66. The lowest BCUT2D eigenvalue weighted by molar-refractivity contribution is 0.192. The lowest BCUT2D eigenvalue weighted by Gasteiger charge is -2.01. The van der Waals surface area contributed by atoms with Gasteiger partial charge in [-0.2, -0.15) is 0 Å². The van der Waals surface area contributed by atoms with Crippen molar-refractivity contribution in [3.05, 3.63) is 12.2 Å². The second-order valence-corrected chi connectivity index (χ2v) is 2.83. The molecule has 0 aromatic rings. The Bertz CT molecular complexity index is 102. The number of hydrogen-bond acceptors (Lipinski definition) is 2. The van der Waals surface area contributed by atoms with Crippen LogP contribution in [0.15, 0.2) is 12.2 Å². The lowest BCUT2D eigenvalue weighted by Crippen LogP contribution is -2.14. The van der Waals surface area contributed by atoms with Gasteiger partial charge in [0.25, 0.3) is 0 Å². The van der Waals surface area contributed by atoms with Gasteiger partial charge in [0.15, 0.2) is 0 Å². The van der Waals surface area contributed by atoms with Gasteiger partial charge < -0.3 is 10.1 Å². The van der Waals surface area contributed by atoms with E-state index in [4.69, 9.17) is 4.74 Å². The Morgan fingerprint density at radius 2 is 2.08 bits per heavy atom. The van der Waals surface area contributed by atoms with Gasteiger partial charge in [0.2, 0.25) is 0 Å². The van der Waals surface area contributed by atoms with Crippen LogP contribution >= 0.6 is 0 Å². The Kier molecular flexibility index (Phi) is 10.4. The Balaban J connectivity index is 2.81. The van der Waals surface area contributed by atoms with Gasteiger partial charge in [-0.25, -0.2) is 0 Å². The molecule has 0 aromatic carbocycles. The molecule has 0 heterocycles. The molecular formula is C10H21NO. The van der Waals surface area contributed by atoms with Crippen molar-refractivity contribution in [1.82, 2.24) is 5.32 Å². The highest BCUT2D eigenvalue weighted by atomic mass is 16.5. The van der Waals surface area contributed by atoms with Gasteiger partial charge >= 0.3 is 0 Å². The highest BCUT2D eigenvalue weighted by Crippen LogP contribution is 1.93. The third-order valence-electron chi connectivity index (χ3n) is 1.70. The Labute approximate surface area is 76.0 Å². The molecule has 0 aliphatic heterocycles. The fourth-order valence-electron chi connectivity index (χ4n) is 0.976. The summed E-state index contributed by atoms with van der Waals surface area (Å²) in [7, 11) is 1.75. The molecule has 0 rings (SSSR count). The Hall–Kier alpha value is -0.340. The zero-order valence-corrected chi connectivity index (χ0v) is 8.31. The number of ether oxygens (including phenoxy) is 1. The van der Waals surface area contributed by atoms with E-state index in [-0.39, 0.29) is 0 Å². The molecule has 1 N–H and O–H groups in total. The van der Waals surface area contributed by atoms with Crippen molar-refractivity contribution in [2.24, 2.45) is 0 Å². The molecular weight excluding hydrogens is 150 g/mol. The maximum absolute atomic E-state index is 4.96. The number of nitrogens with one attached hydrogen (secondary N) is 1. The molecule has 0 bridgehead atoms. The number of allylic oxidation sites excluding steroid dienone is 1. The summed E-state index contributed by atoms with van der Waals surface area (Å²) >= 11 is 0. The molecule has 72 valence electrons. The molecule has 0 radical (unpaired) electrons. The van der Waals surface area contributed by atoms with E-state index in [1.807, 2.05) is 6.92 Å². The van der Waals surface area contributed by atoms with E-state index in [1.54, 1.807) is 7.11 Å². The fraction of sp³-hybridized carbons (Fsp3) is 0.800. The third-order valence-corrected chi connectivity index (χ3v) is 1.70. The molecule has 0 saturated heterocycles. The second-order valence-electron chi connectivity index (χ2n) is 2.83. The predicted molar refractivity (Wildman–Crippen MR) is 53.4 cm³/mol. The minimum Gasteiger partial charge on any atom is -0.385 e. The Morgan fingerprint density at radius 1 is 1.25 bits per heavy atom. The molecule has 0 aliphatic rings. The monoisotopic (exact) mass is 171 g/mol. The van der Waals surface area contributed by atoms with E-state index in [0.29, 0.717) is 0 Å². The molecule has 0 unspecified atom stereocenters. The van der Waals surface area contributed by atoms with Crippen LogP contribution in [0.3, 0.4) is 0 Å². The van der Waals surface area contributed by atoms with E-state index >= 15 is 0 Å². The normalized spacial score (nSPS) is 11.2. The van der Waals surface area contributed by atoms with Crippen molar-refractivity contribution < 1.29 is 4.74 Å². The first-order valence-electron chi connectivity index (χ1n) is 4.72. The van der Waals surface area contributed by atoms with E-state index in [0.717, 1.165) is 19.7 Å². The molecule has 0 aromatic heterocycles. The smallest absolute Gasteiger partial charge is 0.0462 e. The average molecular weight is 171 g/mol. The second kappa shape index (κ2) is 10.7. The molecule has 0 saturated carbocycles. The maximum atomic E-state index is 4.96. The maximum Gasteiger partial charge on any atom is 0.0462 e. The summed E-state index contributed by atoms with van der Waals surface area (Å²) in [6.07, 6.45) is 7.90. The first-order chi connectivity index (χ1) is 5.91. The zero-order chi connectivity index (χ0) is 9.07. The minimum absolute atomic E-state index is 0.898. The fourth-order valence-corrected chi connectivity index (χ4v) is 0.976. The van der Waals surface area contributed by atoms with Crippen molar-refractivity contribution in [3.8, 4) is 0 Å². The number of unbranched alkanes of at least 4 members (excludes halogenated alkanes) is 2. The van der Waals surface area contributed by atoms with Crippen LogP contribution in [0.4, 0.5) is 0 Å². The van der Waals surface area contributed by atoms with Crippen LogP contribution in [-0.4, -0.2) is 26.8 Å². The quantitative estimate of drug-likeness (QED) is 0.445. The van der Waals surface area contributed by atoms with Crippen molar-refractivity contribution in [1.29, 1.82) is 0 Å². The molecule has 0 atom stereocenters. The average Bonchev–Trinajstić information content (AvgIpc) is 2.10. The highest BCUT2D eigenvalue weighted by Gasteiger charge is 1.87. The van der Waals surface area contributed by atoms with Crippen LogP contribution in [0, 0.1) is 0 Å². The van der Waals surface area contributed by atoms with Crippen LogP contribution in [-0.2, 0) is 4.74 Å². The Morgan fingerprint density at radius 3 is 2.75 bits per heavy atom. The van der Waals surface area contributed by atoms with Crippen molar-refractivity contribution >= 4 is 0 Å². The summed E-state index contributed by atoms with van der Waals surface area (Å²) in [5.74, 6) is 0. The zero-order valence-electron chi connectivity index (χ0n) is 8.31. The molecule has 2 nitrogen and oxygen atoms in total.